The van der Waals surface area contributed by atoms with Gasteiger partial charge in [0.25, 0.3) is 0 Å². The van der Waals surface area contributed by atoms with Crippen molar-refractivity contribution in [3.63, 3.8) is 0 Å². The lowest BCUT2D eigenvalue weighted by Gasteiger charge is -2.28. The van der Waals surface area contributed by atoms with E-state index in [1.165, 1.54) is 12.1 Å². The van der Waals surface area contributed by atoms with Gasteiger partial charge in [-0.25, -0.2) is 0 Å². The van der Waals surface area contributed by atoms with Crippen LogP contribution >= 0.6 is 0 Å². The minimum absolute atomic E-state index is 0.159. The summed E-state index contributed by atoms with van der Waals surface area (Å²) in [6.07, 6.45) is -3.67. The lowest BCUT2D eigenvalue weighted by molar-refractivity contribution is -0.274. The first-order valence-electron chi connectivity index (χ1n) is 4.64. The van der Waals surface area contributed by atoms with E-state index in [4.69, 9.17) is 0 Å². The van der Waals surface area contributed by atoms with E-state index in [-0.39, 0.29) is 11.8 Å². The highest BCUT2D eigenvalue weighted by molar-refractivity contribution is 5.31. The van der Waals surface area contributed by atoms with Crippen molar-refractivity contribution in [2.45, 2.75) is 18.8 Å². The van der Waals surface area contributed by atoms with E-state index in [0.717, 1.165) is 18.5 Å². The van der Waals surface area contributed by atoms with E-state index in [1.54, 1.807) is 12.1 Å². The molecular weight excluding hydrogens is 207 g/mol. The monoisotopic (exact) mass is 217 g/mol. The lowest BCUT2D eigenvalue weighted by atomic mass is 9.98. The zero-order chi connectivity index (χ0) is 10.9. The number of rotatable bonds is 2. The second-order valence-electron chi connectivity index (χ2n) is 3.42. The smallest absolute Gasteiger partial charge is 0.406 e. The zero-order valence-corrected chi connectivity index (χ0v) is 7.84. The number of ether oxygens (including phenoxy) is 1. The molecule has 0 spiro atoms. The van der Waals surface area contributed by atoms with Gasteiger partial charge in [-0.15, -0.1) is 13.2 Å². The molecule has 1 fully saturated rings. The van der Waals surface area contributed by atoms with Crippen molar-refractivity contribution in [3.8, 4) is 5.75 Å². The van der Waals surface area contributed by atoms with Crippen molar-refractivity contribution in [1.82, 2.24) is 5.32 Å². The maximum atomic E-state index is 11.9. The first-order chi connectivity index (χ1) is 7.04. The Hall–Kier alpha value is -1.23. The second-order valence-corrected chi connectivity index (χ2v) is 3.42. The van der Waals surface area contributed by atoms with Crippen LogP contribution in [0, 0.1) is 0 Å². The van der Waals surface area contributed by atoms with Crippen LogP contribution in [0.4, 0.5) is 13.2 Å². The third-order valence-electron chi connectivity index (χ3n) is 2.32. The molecule has 1 aromatic carbocycles. The fourth-order valence-electron chi connectivity index (χ4n) is 1.50. The van der Waals surface area contributed by atoms with Crippen LogP contribution in [0.5, 0.6) is 5.75 Å². The van der Waals surface area contributed by atoms with Crippen molar-refractivity contribution < 1.29 is 17.9 Å². The molecule has 2 rings (SSSR count). The van der Waals surface area contributed by atoms with E-state index in [9.17, 15) is 13.2 Å². The molecule has 0 bridgehead atoms. The maximum absolute atomic E-state index is 11.9. The molecule has 1 N–H and O–H groups in total. The molecular formula is C10H10F3NO. The molecule has 0 saturated carbocycles. The summed E-state index contributed by atoms with van der Waals surface area (Å²) in [5, 5.41) is 3.12. The third kappa shape index (κ3) is 2.62. The molecule has 1 heterocycles. The number of alkyl halides is 3. The minimum atomic E-state index is -4.62. The Kier molecular flexibility index (Phi) is 2.56. The quantitative estimate of drug-likeness (QED) is 0.822. The number of nitrogens with one attached hydrogen (secondary N) is 1. The number of halogens is 3. The van der Waals surface area contributed by atoms with Crippen LogP contribution in [0.2, 0.25) is 0 Å². The van der Waals surface area contributed by atoms with Gasteiger partial charge >= 0.3 is 6.36 Å². The van der Waals surface area contributed by atoms with Gasteiger partial charge in [-0.2, -0.15) is 0 Å². The Labute approximate surface area is 85.0 Å². The van der Waals surface area contributed by atoms with Crippen LogP contribution in [0.1, 0.15) is 18.0 Å². The predicted molar refractivity (Wildman–Crippen MR) is 48.5 cm³/mol. The third-order valence-corrected chi connectivity index (χ3v) is 2.32. The molecule has 0 unspecified atom stereocenters. The minimum Gasteiger partial charge on any atom is -0.406 e. The van der Waals surface area contributed by atoms with Gasteiger partial charge in [0.1, 0.15) is 5.75 Å². The number of hydrogen-bond donors (Lipinski definition) is 1. The molecule has 82 valence electrons. The van der Waals surface area contributed by atoms with Crippen LogP contribution in [0.3, 0.4) is 0 Å². The molecule has 1 atom stereocenters. The van der Waals surface area contributed by atoms with Gasteiger partial charge in [0.15, 0.2) is 0 Å². The summed E-state index contributed by atoms with van der Waals surface area (Å²) in [5.74, 6) is -0.159. The Morgan fingerprint density at radius 1 is 1.33 bits per heavy atom. The van der Waals surface area contributed by atoms with Crippen molar-refractivity contribution in [2.75, 3.05) is 6.54 Å². The van der Waals surface area contributed by atoms with Crippen molar-refractivity contribution in [3.05, 3.63) is 29.8 Å². The summed E-state index contributed by atoms with van der Waals surface area (Å²) in [6.45, 7) is 0.912. The van der Waals surface area contributed by atoms with E-state index < -0.39 is 6.36 Å². The highest BCUT2D eigenvalue weighted by Gasteiger charge is 2.31. The molecule has 1 aromatic rings. The van der Waals surface area contributed by atoms with Crippen LogP contribution in [-0.4, -0.2) is 12.9 Å². The molecule has 0 radical (unpaired) electrons. The second kappa shape index (κ2) is 3.73. The molecule has 0 aromatic heterocycles. The number of benzene rings is 1. The molecule has 1 saturated heterocycles. The summed E-state index contributed by atoms with van der Waals surface area (Å²) in [7, 11) is 0. The fraction of sp³-hybridized carbons (Fsp3) is 0.400. The highest BCUT2D eigenvalue weighted by Crippen LogP contribution is 2.28. The Morgan fingerprint density at radius 2 is 2.07 bits per heavy atom. The van der Waals surface area contributed by atoms with Crippen LogP contribution in [-0.2, 0) is 0 Å². The van der Waals surface area contributed by atoms with E-state index in [0.29, 0.717) is 0 Å². The molecule has 5 heteroatoms. The van der Waals surface area contributed by atoms with E-state index in [1.807, 2.05) is 0 Å². The first kappa shape index (κ1) is 10.3. The highest BCUT2D eigenvalue weighted by atomic mass is 19.4. The summed E-state index contributed by atoms with van der Waals surface area (Å²) >= 11 is 0. The van der Waals surface area contributed by atoms with Crippen molar-refractivity contribution in [1.29, 1.82) is 0 Å². The lowest BCUT2D eigenvalue weighted by Crippen LogP contribution is -2.34. The molecule has 2 nitrogen and oxygen atoms in total. The normalized spacial score (nSPS) is 20.9. The summed E-state index contributed by atoms with van der Waals surface area (Å²) < 4.78 is 39.6. The fourth-order valence-corrected chi connectivity index (χ4v) is 1.50. The number of hydrogen-bond acceptors (Lipinski definition) is 2. The molecule has 15 heavy (non-hydrogen) atoms. The van der Waals surface area contributed by atoms with Crippen LogP contribution in [0.25, 0.3) is 0 Å². The molecule has 0 aliphatic carbocycles. The van der Waals surface area contributed by atoms with Crippen LogP contribution < -0.4 is 10.1 Å². The van der Waals surface area contributed by atoms with Gasteiger partial charge < -0.3 is 10.1 Å². The average molecular weight is 217 g/mol. The van der Waals surface area contributed by atoms with E-state index >= 15 is 0 Å². The largest absolute Gasteiger partial charge is 0.573 e. The molecule has 1 aliphatic rings. The van der Waals surface area contributed by atoms with Gasteiger partial charge in [-0.1, -0.05) is 12.1 Å². The SMILES string of the molecule is FC(F)(F)Oc1cccc([C@H]2CCN2)c1. The van der Waals surface area contributed by atoms with Gasteiger partial charge in [0, 0.05) is 6.04 Å². The van der Waals surface area contributed by atoms with Crippen LogP contribution in [0.15, 0.2) is 24.3 Å². The zero-order valence-electron chi connectivity index (χ0n) is 7.84. The maximum Gasteiger partial charge on any atom is 0.573 e. The predicted octanol–water partition coefficient (Wildman–Crippen LogP) is 2.62. The van der Waals surface area contributed by atoms with Gasteiger partial charge in [0.05, 0.1) is 0 Å². The Balaban J connectivity index is 2.11. The van der Waals surface area contributed by atoms with Gasteiger partial charge in [-0.05, 0) is 30.7 Å². The molecule has 0 amide bonds. The van der Waals surface area contributed by atoms with Crippen molar-refractivity contribution >= 4 is 0 Å². The molecule has 1 aliphatic heterocycles. The topological polar surface area (TPSA) is 21.3 Å². The average Bonchev–Trinajstić information content (AvgIpc) is 1.97. The summed E-state index contributed by atoms with van der Waals surface area (Å²) in [4.78, 5) is 0. The summed E-state index contributed by atoms with van der Waals surface area (Å²) in [6, 6.07) is 6.25. The van der Waals surface area contributed by atoms with E-state index in [2.05, 4.69) is 10.1 Å². The van der Waals surface area contributed by atoms with Crippen molar-refractivity contribution in [2.24, 2.45) is 0 Å². The van der Waals surface area contributed by atoms with Gasteiger partial charge in [-0.3, -0.25) is 0 Å². The standard InChI is InChI=1S/C10H10F3NO/c11-10(12,13)15-8-3-1-2-7(6-8)9-4-5-14-9/h1-3,6,9,14H,4-5H2/t9-/m1/s1. The summed E-state index contributed by atoms with van der Waals surface area (Å²) in [5.41, 5.74) is 0.836. The van der Waals surface area contributed by atoms with Gasteiger partial charge in [0.2, 0.25) is 0 Å². The Morgan fingerprint density at radius 3 is 2.60 bits per heavy atom. The first-order valence-corrected chi connectivity index (χ1v) is 4.64. The Bertz CT molecular complexity index is 347.